The van der Waals surface area contributed by atoms with Gasteiger partial charge in [0.1, 0.15) is 11.3 Å². The molecule has 0 unspecified atom stereocenters. The highest BCUT2D eigenvalue weighted by Gasteiger charge is 2.08. The molecule has 0 N–H and O–H groups in total. The zero-order valence-electron chi connectivity index (χ0n) is 10.4. The summed E-state index contributed by atoms with van der Waals surface area (Å²) in [4.78, 5) is 16.5. The summed E-state index contributed by atoms with van der Waals surface area (Å²) in [5, 5.41) is 3.71. The molecule has 0 aliphatic rings. The molecule has 0 bridgehead atoms. The lowest BCUT2D eigenvalue weighted by Crippen LogP contribution is -2.00. The number of hydrogen-bond donors (Lipinski definition) is 0. The summed E-state index contributed by atoms with van der Waals surface area (Å²) >= 11 is 1.64. The number of hydrogen-bond acceptors (Lipinski definition) is 4. The van der Waals surface area contributed by atoms with Crippen LogP contribution >= 0.6 is 11.3 Å². The molecule has 4 rings (SSSR count). The van der Waals surface area contributed by atoms with Gasteiger partial charge in [-0.25, -0.2) is 0 Å². The van der Waals surface area contributed by atoms with Crippen molar-refractivity contribution in [3.05, 3.63) is 64.3 Å². The van der Waals surface area contributed by atoms with Crippen LogP contribution in [0.1, 0.15) is 0 Å². The van der Waals surface area contributed by atoms with Gasteiger partial charge in [0.2, 0.25) is 0 Å². The molecule has 0 amide bonds. The van der Waals surface area contributed by atoms with Crippen LogP contribution in [-0.2, 0) is 0 Å². The van der Waals surface area contributed by atoms with E-state index in [0.29, 0.717) is 22.4 Å². The molecule has 4 aromatic rings. The average molecular weight is 279 g/mol. The van der Waals surface area contributed by atoms with Gasteiger partial charge in [0.15, 0.2) is 11.2 Å². The van der Waals surface area contributed by atoms with Crippen molar-refractivity contribution in [2.24, 2.45) is 0 Å². The maximum absolute atomic E-state index is 12.1. The quantitative estimate of drug-likeness (QED) is 0.527. The van der Waals surface area contributed by atoms with Crippen LogP contribution in [0.25, 0.3) is 32.5 Å². The molecule has 0 fully saturated rings. The highest BCUT2D eigenvalue weighted by atomic mass is 32.1. The zero-order valence-corrected chi connectivity index (χ0v) is 11.2. The number of nitrogens with zero attached hydrogens (tertiary/aromatic N) is 1. The Hall–Kier alpha value is -2.46. The Labute approximate surface area is 118 Å². The number of benzene rings is 1. The molecule has 20 heavy (non-hydrogen) atoms. The van der Waals surface area contributed by atoms with Gasteiger partial charge >= 0.3 is 0 Å². The van der Waals surface area contributed by atoms with Crippen LogP contribution in [0, 0.1) is 0 Å². The number of fused-ring (bicyclic) bond motifs is 2. The molecular formula is C16H9NO2S. The Kier molecular flexibility index (Phi) is 2.44. The van der Waals surface area contributed by atoms with Crippen molar-refractivity contribution < 1.29 is 4.42 Å². The summed E-state index contributed by atoms with van der Waals surface area (Å²) < 4.78 is 6.93. The molecule has 0 saturated heterocycles. The lowest BCUT2D eigenvalue weighted by Gasteiger charge is -2.02. The smallest absolute Gasteiger partial charge is 0.193 e. The minimum Gasteiger partial charge on any atom is -0.454 e. The van der Waals surface area contributed by atoms with Crippen LogP contribution in [0.4, 0.5) is 0 Å². The number of rotatable bonds is 1. The second-order valence-electron chi connectivity index (χ2n) is 4.50. The Bertz CT molecular complexity index is 984. The molecular weight excluding hydrogens is 270 g/mol. The van der Waals surface area contributed by atoms with Crippen molar-refractivity contribution in [1.29, 1.82) is 0 Å². The van der Waals surface area contributed by atoms with Crippen molar-refractivity contribution in [1.82, 2.24) is 4.98 Å². The SMILES string of the molecule is O=c1cc(-c2cc3sccc3cn2)oc2ccccc12. The van der Waals surface area contributed by atoms with Gasteiger partial charge in [-0.1, -0.05) is 12.1 Å². The van der Waals surface area contributed by atoms with E-state index in [1.807, 2.05) is 29.6 Å². The fraction of sp³-hybridized carbons (Fsp3) is 0. The first-order valence-electron chi connectivity index (χ1n) is 6.18. The molecule has 1 aromatic carbocycles. The van der Waals surface area contributed by atoms with Crippen LogP contribution < -0.4 is 5.43 Å². The minimum absolute atomic E-state index is 0.0464. The van der Waals surface area contributed by atoms with Crippen LogP contribution in [0.2, 0.25) is 0 Å². The predicted molar refractivity (Wildman–Crippen MR) is 81.1 cm³/mol. The maximum Gasteiger partial charge on any atom is 0.193 e. The number of pyridine rings is 1. The zero-order chi connectivity index (χ0) is 13.5. The highest BCUT2D eigenvalue weighted by molar-refractivity contribution is 7.17. The summed E-state index contributed by atoms with van der Waals surface area (Å²) in [6, 6.07) is 12.7. The Morgan fingerprint density at radius 1 is 1.10 bits per heavy atom. The van der Waals surface area contributed by atoms with Crippen LogP contribution in [0.3, 0.4) is 0 Å². The van der Waals surface area contributed by atoms with Gasteiger partial charge in [-0.05, 0) is 29.6 Å². The topological polar surface area (TPSA) is 43.1 Å². The maximum atomic E-state index is 12.1. The number of aromatic nitrogens is 1. The Morgan fingerprint density at radius 3 is 2.95 bits per heavy atom. The molecule has 3 nitrogen and oxygen atoms in total. The summed E-state index contributed by atoms with van der Waals surface area (Å²) in [7, 11) is 0. The standard InChI is InChI=1S/C16H9NO2S/c18-13-8-15(19-14-4-2-1-3-11(13)14)12-7-16-10(9-17-12)5-6-20-16/h1-9H. The summed E-state index contributed by atoms with van der Waals surface area (Å²) in [5.41, 5.74) is 1.22. The van der Waals surface area contributed by atoms with Gasteiger partial charge < -0.3 is 4.42 Å². The van der Waals surface area contributed by atoms with Gasteiger partial charge in [0.25, 0.3) is 0 Å². The Balaban J connectivity index is 1.99. The van der Waals surface area contributed by atoms with Crippen molar-refractivity contribution in [3.63, 3.8) is 0 Å². The minimum atomic E-state index is -0.0464. The molecule has 0 spiro atoms. The molecule has 96 valence electrons. The average Bonchev–Trinajstić information content (AvgIpc) is 2.94. The fourth-order valence-corrected chi connectivity index (χ4v) is 3.02. The van der Waals surface area contributed by atoms with Gasteiger partial charge in [-0.2, -0.15) is 0 Å². The van der Waals surface area contributed by atoms with E-state index in [-0.39, 0.29) is 5.43 Å². The normalized spacial score (nSPS) is 11.2. The van der Waals surface area contributed by atoms with E-state index in [1.165, 1.54) is 6.07 Å². The lowest BCUT2D eigenvalue weighted by atomic mass is 10.2. The third-order valence-corrected chi connectivity index (χ3v) is 4.10. The van der Waals surface area contributed by atoms with E-state index in [2.05, 4.69) is 4.98 Å². The first kappa shape index (κ1) is 11.4. The lowest BCUT2D eigenvalue weighted by molar-refractivity contribution is 0.616. The number of thiophene rings is 1. The van der Waals surface area contributed by atoms with Crippen LogP contribution in [0.5, 0.6) is 0 Å². The third kappa shape index (κ3) is 1.73. The highest BCUT2D eigenvalue weighted by Crippen LogP contribution is 2.26. The second-order valence-corrected chi connectivity index (χ2v) is 5.45. The van der Waals surface area contributed by atoms with Gasteiger partial charge in [-0.3, -0.25) is 9.78 Å². The third-order valence-electron chi connectivity index (χ3n) is 3.22. The largest absolute Gasteiger partial charge is 0.454 e. The van der Waals surface area contributed by atoms with Crippen molar-refractivity contribution >= 4 is 32.4 Å². The summed E-state index contributed by atoms with van der Waals surface area (Å²) in [6.45, 7) is 0. The molecule has 3 aromatic heterocycles. The molecule has 0 saturated carbocycles. The van der Waals surface area contributed by atoms with E-state index < -0.39 is 0 Å². The first-order chi connectivity index (χ1) is 9.81. The predicted octanol–water partition coefficient (Wildman–Crippen LogP) is 4.07. The summed E-state index contributed by atoms with van der Waals surface area (Å²) in [6.07, 6.45) is 1.80. The summed E-state index contributed by atoms with van der Waals surface area (Å²) in [5.74, 6) is 0.504. The van der Waals surface area contributed by atoms with Gasteiger partial charge in [0.05, 0.1) is 5.39 Å². The van der Waals surface area contributed by atoms with Crippen molar-refractivity contribution in [2.75, 3.05) is 0 Å². The molecule has 0 radical (unpaired) electrons. The van der Waals surface area contributed by atoms with E-state index in [1.54, 1.807) is 29.7 Å². The van der Waals surface area contributed by atoms with E-state index in [0.717, 1.165) is 10.1 Å². The molecule has 3 heterocycles. The van der Waals surface area contributed by atoms with E-state index in [4.69, 9.17) is 4.42 Å². The second kappa shape index (κ2) is 4.28. The van der Waals surface area contributed by atoms with Gasteiger partial charge in [0, 0.05) is 22.3 Å². The van der Waals surface area contributed by atoms with Crippen LogP contribution in [-0.4, -0.2) is 4.98 Å². The van der Waals surface area contributed by atoms with Crippen molar-refractivity contribution in [2.45, 2.75) is 0 Å². The first-order valence-corrected chi connectivity index (χ1v) is 7.06. The van der Waals surface area contributed by atoms with Crippen LogP contribution in [0.15, 0.2) is 63.3 Å². The van der Waals surface area contributed by atoms with E-state index >= 15 is 0 Å². The molecule has 0 aliphatic heterocycles. The Morgan fingerprint density at radius 2 is 2.00 bits per heavy atom. The molecule has 4 heteroatoms. The number of para-hydroxylation sites is 1. The van der Waals surface area contributed by atoms with E-state index in [9.17, 15) is 4.79 Å². The molecule has 0 atom stereocenters. The molecule has 0 aliphatic carbocycles. The van der Waals surface area contributed by atoms with Gasteiger partial charge in [-0.15, -0.1) is 11.3 Å². The monoisotopic (exact) mass is 279 g/mol. The fourth-order valence-electron chi connectivity index (χ4n) is 2.22. The van der Waals surface area contributed by atoms with Crippen molar-refractivity contribution in [3.8, 4) is 11.5 Å².